The van der Waals surface area contributed by atoms with Gasteiger partial charge in [0, 0.05) is 20.2 Å². The van der Waals surface area contributed by atoms with E-state index in [1.165, 1.54) is 11.0 Å². The molecule has 0 radical (unpaired) electrons. The summed E-state index contributed by atoms with van der Waals surface area (Å²) in [6, 6.07) is 3.29. The minimum absolute atomic E-state index is 0.0380. The van der Waals surface area contributed by atoms with Crippen molar-refractivity contribution < 1.29 is 19.0 Å². The van der Waals surface area contributed by atoms with Gasteiger partial charge in [-0.15, -0.1) is 0 Å². The Balaban J connectivity index is 2.71. The second kappa shape index (κ2) is 6.20. The first-order valence-electron chi connectivity index (χ1n) is 5.38. The van der Waals surface area contributed by atoms with E-state index >= 15 is 0 Å². The van der Waals surface area contributed by atoms with Gasteiger partial charge in [0.25, 0.3) is 5.91 Å². The minimum Gasteiger partial charge on any atom is -0.507 e. The number of benzene rings is 1. The lowest BCUT2D eigenvalue weighted by atomic mass is 10.1. The van der Waals surface area contributed by atoms with Gasteiger partial charge in [-0.05, 0) is 25.1 Å². The van der Waals surface area contributed by atoms with E-state index in [0.717, 1.165) is 12.1 Å². The zero-order chi connectivity index (χ0) is 12.8. The van der Waals surface area contributed by atoms with Gasteiger partial charge < -0.3 is 14.7 Å². The Hall–Kier alpha value is -1.62. The van der Waals surface area contributed by atoms with Crippen LogP contribution < -0.4 is 0 Å². The second-order valence-electron chi connectivity index (χ2n) is 3.59. The molecule has 0 aliphatic carbocycles. The predicted molar refractivity (Wildman–Crippen MR) is 61.5 cm³/mol. The van der Waals surface area contributed by atoms with Gasteiger partial charge in [0.1, 0.15) is 11.6 Å². The van der Waals surface area contributed by atoms with E-state index < -0.39 is 11.7 Å². The molecule has 1 aromatic carbocycles. The first-order chi connectivity index (χ1) is 8.06. The van der Waals surface area contributed by atoms with Gasteiger partial charge in [0.05, 0.1) is 12.2 Å². The molecule has 17 heavy (non-hydrogen) atoms. The summed E-state index contributed by atoms with van der Waals surface area (Å²) >= 11 is 0. The third-order valence-electron chi connectivity index (χ3n) is 2.31. The summed E-state index contributed by atoms with van der Waals surface area (Å²) in [5.41, 5.74) is -0.0380. The Labute approximate surface area is 99.6 Å². The number of likely N-dealkylation sites (N-methyl/N-ethyl adjacent to an activating group) is 1. The van der Waals surface area contributed by atoms with E-state index in [4.69, 9.17) is 4.74 Å². The van der Waals surface area contributed by atoms with Gasteiger partial charge >= 0.3 is 0 Å². The third-order valence-corrected chi connectivity index (χ3v) is 2.31. The van der Waals surface area contributed by atoms with Gasteiger partial charge in [0.15, 0.2) is 0 Å². The highest BCUT2D eigenvalue weighted by molar-refractivity contribution is 5.96. The molecule has 1 rings (SSSR count). The van der Waals surface area contributed by atoms with Crippen LogP contribution in [0.15, 0.2) is 18.2 Å². The van der Waals surface area contributed by atoms with E-state index in [0.29, 0.717) is 19.8 Å². The van der Waals surface area contributed by atoms with Crippen LogP contribution in [0.4, 0.5) is 4.39 Å². The second-order valence-corrected chi connectivity index (χ2v) is 3.59. The summed E-state index contributed by atoms with van der Waals surface area (Å²) in [7, 11) is 1.58. The normalized spacial score (nSPS) is 10.3. The van der Waals surface area contributed by atoms with Crippen LogP contribution in [0, 0.1) is 5.82 Å². The minimum atomic E-state index is -0.552. The van der Waals surface area contributed by atoms with Crippen molar-refractivity contribution in [3.8, 4) is 5.75 Å². The van der Waals surface area contributed by atoms with Crippen LogP contribution in [0.2, 0.25) is 0 Å². The standard InChI is InChI=1S/C12H16FNO3/c1-3-17-7-6-14(2)12(16)10-8-9(13)4-5-11(10)15/h4-5,8,15H,3,6-7H2,1-2H3. The van der Waals surface area contributed by atoms with Gasteiger partial charge in [-0.25, -0.2) is 4.39 Å². The summed E-state index contributed by atoms with van der Waals surface area (Å²) in [6.45, 7) is 3.24. The Morgan fingerprint density at radius 1 is 1.53 bits per heavy atom. The molecule has 1 aromatic rings. The summed E-state index contributed by atoms with van der Waals surface area (Å²) in [6.07, 6.45) is 0. The number of carbonyl (C=O) groups excluding carboxylic acids is 1. The number of hydrogen-bond donors (Lipinski definition) is 1. The Bertz CT molecular complexity index is 395. The number of halogens is 1. The Morgan fingerprint density at radius 3 is 2.88 bits per heavy atom. The molecule has 0 aromatic heterocycles. The van der Waals surface area contributed by atoms with Crippen molar-refractivity contribution in [1.82, 2.24) is 4.90 Å². The van der Waals surface area contributed by atoms with Gasteiger partial charge in [-0.2, -0.15) is 0 Å². The van der Waals surface area contributed by atoms with Crippen molar-refractivity contribution in [1.29, 1.82) is 0 Å². The topological polar surface area (TPSA) is 49.8 Å². The van der Waals surface area contributed by atoms with E-state index in [2.05, 4.69) is 0 Å². The molecule has 0 fully saturated rings. The van der Waals surface area contributed by atoms with E-state index in [9.17, 15) is 14.3 Å². The molecule has 0 saturated heterocycles. The Kier molecular flexibility index (Phi) is 4.90. The molecule has 0 unspecified atom stereocenters. The first kappa shape index (κ1) is 13.4. The monoisotopic (exact) mass is 241 g/mol. The lowest BCUT2D eigenvalue weighted by molar-refractivity contribution is 0.0706. The highest BCUT2D eigenvalue weighted by atomic mass is 19.1. The molecule has 1 N–H and O–H groups in total. The van der Waals surface area contributed by atoms with Crippen LogP contribution in [-0.2, 0) is 4.74 Å². The average molecular weight is 241 g/mol. The average Bonchev–Trinajstić information content (AvgIpc) is 2.31. The molecular formula is C12H16FNO3. The summed E-state index contributed by atoms with van der Waals surface area (Å²) in [4.78, 5) is 13.2. The van der Waals surface area contributed by atoms with E-state index in [1.54, 1.807) is 7.05 Å². The third kappa shape index (κ3) is 3.71. The maximum absolute atomic E-state index is 13.0. The van der Waals surface area contributed by atoms with E-state index in [-0.39, 0.29) is 11.3 Å². The van der Waals surface area contributed by atoms with Crippen molar-refractivity contribution in [2.45, 2.75) is 6.92 Å². The molecule has 4 nitrogen and oxygen atoms in total. The van der Waals surface area contributed by atoms with Crippen LogP contribution >= 0.6 is 0 Å². The molecular weight excluding hydrogens is 225 g/mol. The molecule has 0 bridgehead atoms. The molecule has 0 aliphatic rings. The summed E-state index contributed by atoms with van der Waals surface area (Å²) < 4.78 is 18.1. The van der Waals surface area contributed by atoms with E-state index in [1.807, 2.05) is 6.92 Å². The molecule has 94 valence electrons. The van der Waals surface area contributed by atoms with Crippen LogP contribution in [0.1, 0.15) is 17.3 Å². The lowest BCUT2D eigenvalue weighted by Gasteiger charge is -2.17. The number of carbonyl (C=O) groups is 1. The predicted octanol–water partition coefficient (Wildman–Crippen LogP) is 1.64. The van der Waals surface area contributed by atoms with Gasteiger partial charge in [0.2, 0.25) is 0 Å². The van der Waals surface area contributed by atoms with Crippen molar-refractivity contribution in [2.75, 3.05) is 26.8 Å². The molecule has 0 spiro atoms. The maximum Gasteiger partial charge on any atom is 0.257 e. The van der Waals surface area contributed by atoms with Crippen LogP contribution in [0.5, 0.6) is 5.75 Å². The zero-order valence-electron chi connectivity index (χ0n) is 9.94. The number of aromatic hydroxyl groups is 1. The number of hydrogen-bond acceptors (Lipinski definition) is 3. The van der Waals surface area contributed by atoms with Crippen molar-refractivity contribution >= 4 is 5.91 Å². The first-order valence-corrected chi connectivity index (χ1v) is 5.38. The Morgan fingerprint density at radius 2 is 2.24 bits per heavy atom. The smallest absolute Gasteiger partial charge is 0.257 e. The highest BCUT2D eigenvalue weighted by Crippen LogP contribution is 2.19. The quantitative estimate of drug-likeness (QED) is 0.797. The number of phenols is 1. The molecule has 0 heterocycles. The number of phenolic OH excluding ortho intramolecular Hbond substituents is 1. The number of rotatable bonds is 5. The largest absolute Gasteiger partial charge is 0.507 e. The number of ether oxygens (including phenoxy) is 1. The number of amides is 1. The van der Waals surface area contributed by atoms with Crippen LogP contribution in [0.3, 0.4) is 0 Å². The fourth-order valence-electron chi connectivity index (χ4n) is 1.33. The fourth-order valence-corrected chi connectivity index (χ4v) is 1.33. The fraction of sp³-hybridized carbons (Fsp3) is 0.417. The number of nitrogens with zero attached hydrogens (tertiary/aromatic N) is 1. The molecule has 1 amide bonds. The maximum atomic E-state index is 13.0. The molecule has 0 saturated carbocycles. The SMILES string of the molecule is CCOCCN(C)C(=O)c1cc(F)ccc1O. The molecule has 5 heteroatoms. The van der Waals surface area contributed by atoms with Crippen LogP contribution in [0.25, 0.3) is 0 Å². The van der Waals surface area contributed by atoms with Crippen molar-refractivity contribution in [3.63, 3.8) is 0 Å². The molecule has 0 aliphatic heterocycles. The summed E-state index contributed by atoms with van der Waals surface area (Å²) in [5, 5.41) is 9.48. The lowest BCUT2D eigenvalue weighted by Crippen LogP contribution is -2.30. The molecule has 0 atom stereocenters. The zero-order valence-corrected chi connectivity index (χ0v) is 9.94. The summed E-state index contributed by atoms with van der Waals surface area (Å²) in [5.74, 6) is -1.20. The van der Waals surface area contributed by atoms with Gasteiger partial charge in [-0.1, -0.05) is 0 Å². The van der Waals surface area contributed by atoms with Crippen molar-refractivity contribution in [2.24, 2.45) is 0 Å². The van der Waals surface area contributed by atoms with Gasteiger partial charge in [-0.3, -0.25) is 4.79 Å². The van der Waals surface area contributed by atoms with Crippen LogP contribution in [-0.4, -0.2) is 42.7 Å². The highest BCUT2D eigenvalue weighted by Gasteiger charge is 2.16. The van der Waals surface area contributed by atoms with Crippen molar-refractivity contribution in [3.05, 3.63) is 29.6 Å².